The summed E-state index contributed by atoms with van der Waals surface area (Å²) in [7, 11) is -3.49. The third-order valence-corrected chi connectivity index (χ3v) is 6.87. The predicted molar refractivity (Wildman–Crippen MR) is 102 cm³/mol. The van der Waals surface area contributed by atoms with Crippen molar-refractivity contribution < 1.29 is 17.9 Å². The molecule has 1 aliphatic rings. The molecule has 0 radical (unpaired) electrons. The number of carbonyl (C=O) groups excluding carboxylic acids is 1. The zero-order chi connectivity index (χ0) is 19.0. The number of sulfonamides is 1. The summed E-state index contributed by atoms with van der Waals surface area (Å²) in [6.07, 6.45) is 6.85. The quantitative estimate of drug-likeness (QED) is 0.482. The van der Waals surface area contributed by atoms with E-state index in [9.17, 15) is 13.2 Å². The van der Waals surface area contributed by atoms with E-state index >= 15 is 0 Å². The van der Waals surface area contributed by atoms with E-state index in [0.29, 0.717) is 37.4 Å². The highest BCUT2D eigenvalue weighted by Gasteiger charge is 2.32. The van der Waals surface area contributed by atoms with Gasteiger partial charge in [-0.05, 0) is 50.3 Å². The van der Waals surface area contributed by atoms with Crippen LogP contribution in [-0.2, 0) is 26.0 Å². The van der Waals surface area contributed by atoms with Gasteiger partial charge in [0.25, 0.3) is 0 Å². The monoisotopic (exact) mass is 381 g/mol. The van der Waals surface area contributed by atoms with Crippen molar-refractivity contribution in [2.24, 2.45) is 5.92 Å². The Balaban J connectivity index is 1.92. The molecule has 146 valence electrons. The van der Waals surface area contributed by atoms with E-state index in [0.717, 1.165) is 12.8 Å². The highest BCUT2D eigenvalue weighted by atomic mass is 32.2. The number of nitrogens with zero attached hydrogens (tertiary/aromatic N) is 1. The van der Waals surface area contributed by atoms with Crippen LogP contribution in [-0.4, -0.2) is 38.4 Å². The lowest BCUT2D eigenvalue weighted by Gasteiger charge is -2.30. The van der Waals surface area contributed by atoms with Crippen molar-refractivity contribution in [3.05, 3.63) is 29.8 Å². The molecule has 1 saturated heterocycles. The van der Waals surface area contributed by atoms with Crippen molar-refractivity contribution in [1.82, 2.24) is 4.31 Å². The molecule has 1 aromatic rings. The topological polar surface area (TPSA) is 63.7 Å². The molecular weight excluding hydrogens is 350 g/mol. The fourth-order valence-corrected chi connectivity index (χ4v) is 4.79. The maximum absolute atomic E-state index is 12.8. The van der Waals surface area contributed by atoms with Crippen molar-refractivity contribution in [1.29, 1.82) is 0 Å². The molecule has 0 atom stereocenters. The summed E-state index contributed by atoms with van der Waals surface area (Å²) in [5.41, 5.74) is 1.18. The van der Waals surface area contributed by atoms with Gasteiger partial charge in [0.1, 0.15) is 0 Å². The van der Waals surface area contributed by atoms with Gasteiger partial charge >= 0.3 is 5.97 Å². The Morgan fingerprint density at radius 3 is 2.31 bits per heavy atom. The van der Waals surface area contributed by atoms with Crippen molar-refractivity contribution in [2.45, 2.75) is 63.7 Å². The van der Waals surface area contributed by atoms with Gasteiger partial charge in [-0.1, -0.05) is 38.3 Å². The Hall–Kier alpha value is -1.40. The minimum atomic E-state index is -3.49. The fourth-order valence-electron chi connectivity index (χ4n) is 3.33. The third-order valence-electron chi connectivity index (χ3n) is 4.95. The molecule has 2 rings (SSSR count). The molecule has 0 unspecified atom stereocenters. The van der Waals surface area contributed by atoms with Crippen LogP contribution in [0, 0.1) is 5.92 Å². The van der Waals surface area contributed by atoms with Crippen molar-refractivity contribution in [3.63, 3.8) is 0 Å². The largest absolute Gasteiger partial charge is 0.466 e. The molecule has 0 aliphatic carbocycles. The van der Waals surface area contributed by atoms with Crippen LogP contribution in [0.5, 0.6) is 0 Å². The number of hydrogen-bond donors (Lipinski definition) is 0. The van der Waals surface area contributed by atoms with Crippen LogP contribution in [0.3, 0.4) is 0 Å². The van der Waals surface area contributed by atoms with Gasteiger partial charge < -0.3 is 4.74 Å². The highest BCUT2D eigenvalue weighted by molar-refractivity contribution is 7.89. The van der Waals surface area contributed by atoms with Gasteiger partial charge in [-0.2, -0.15) is 4.31 Å². The number of rotatable bonds is 9. The van der Waals surface area contributed by atoms with Crippen LogP contribution in [0.15, 0.2) is 29.2 Å². The number of esters is 1. The Morgan fingerprint density at radius 1 is 1.08 bits per heavy atom. The fraction of sp³-hybridized carbons (Fsp3) is 0.650. The third kappa shape index (κ3) is 5.55. The number of carbonyl (C=O) groups is 1. The van der Waals surface area contributed by atoms with Gasteiger partial charge in [-0.3, -0.25) is 4.79 Å². The van der Waals surface area contributed by atoms with Gasteiger partial charge in [0.05, 0.1) is 17.4 Å². The number of ether oxygens (including phenoxy) is 1. The van der Waals surface area contributed by atoms with E-state index in [1.54, 1.807) is 19.1 Å². The van der Waals surface area contributed by atoms with Crippen LogP contribution in [0.2, 0.25) is 0 Å². The van der Waals surface area contributed by atoms with Gasteiger partial charge in [0, 0.05) is 13.1 Å². The van der Waals surface area contributed by atoms with E-state index in [-0.39, 0.29) is 11.9 Å². The van der Waals surface area contributed by atoms with Gasteiger partial charge in [0.2, 0.25) is 10.0 Å². The highest BCUT2D eigenvalue weighted by Crippen LogP contribution is 2.25. The first-order valence-electron chi connectivity index (χ1n) is 9.74. The molecule has 5 nitrogen and oxygen atoms in total. The second-order valence-electron chi connectivity index (χ2n) is 6.89. The molecule has 0 spiro atoms. The van der Waals surface area contributed by atoms with Gasteiger partial charge in [-0.15, -0.1) is 0 Å². The second kappa shape index (κ2) is 10.1. The number of hydrogen-bond acceptors (Lipinski definition) is 4. The predicted octanol–water partition coefficient (Wildman–Crippen LogP) is 3.77. The maximum atomic E-state index is 12.8. The summed E-state index contributed by atoms with van der Waals surface area (Å²) < 4.78 is 32.1. The van der Waals surface area contributed by atoms with Crippen LogP contribution < -0.4 is 0 Å². The van der Waals surface area contributed by atoms with E-state index in [1.165, 1.54) is 29.1 Å². The number of unbranched alkanes of at least 4 members (excludes halogenated alkanes) is 3. The summed E-state index contributed by atoms with van der Waals surface area (Å²) in [5.74, 6) is -0.399. The van der Waals surface area contributed by atoms with Crippen molar-refractivity contribution in [2.75, 3.05) is 19.7 Å². The molecule has 1 heterocycles. The van der Waals surface area contributed by atoms with E-state index < -0.39 is 10.0 Å². The van der Waals surface area contributed by atoms with Crippen molar-refractivity contribution >= 4 is 16.0 Å². The summed E-state index contributed by atoms with van der Waals surface area (Å²) in [4.78, 5) is 12.1. The zero-order valence-electron chi connectivity index (χ0n) is 15.9. The van der Waals surface area contributed by atoms with E-state index in [4.69, 9.17) is 4.74 Å². The summed E-state index contributed by atoms with van der Waals surface area (Å²) in [5, 5.41) is 0. The summed E-state index contributed by atoms with van der Waals surface area (Å²) in [6, 6.07) is 7.26. The lowest BCUT2D eigenvalue weighted by atomic mass is 9.98. The number of aryl methyl sites for hydroxylation is 1. The molecule has 6 heteroatoms. The average molecular weight is 382 g/mol. The van der Waals surface area contributed by atoms with E-state index in [2.05, 4.69) is 6.92 Å². The number of benzene rings is 1. The average Bonchev–Trinajstić information content (AvgIpc) is 2.66. The number of piperidine rings is 1. The second-order valence-corrected chi connectivity index (χ2v) is 8.82. The first-order chi connectivity index (χ1) is 12.5. The molecule has 1 fully saturated rings. The summed E-state index contributed by atoms with van der Waals surface area (Å²) >= 11 is 0. The molecule has 1 aliphatic heterocycles. The first-order valence-corrected chi connectivity index (χ1v) is 11.2. The SMILES string of the molecule is CCCCCCc1ccc(S(=O)(=O)N2CCC(C(=O)OCC)CC2)cc1. The lowest BCUT2D eigenvalue weighted by Crippen LogP contribution is -2.40. The zero-order valence-corrected chi connectivity index (χ0v) is 16.8. The van der Waals surface area contributed by atoms with Crippen molar-refractivity contribution in [3.8, 4) is 0 Å². The Kier molecular flexibility index (Phi) is 8.10. The molecular formula is C20H31NO4S. The van der Waals surface area contributed by atoms with E-state index in [1.807, 2.05) is 12.1 Å². The molecule has 0 aromatic heterocycles. The molecule has 0 saturated carbocycles. The summed E-state index contributed by atoms with van der Waals surface area (Å²) in [6.45, 7) is 5.07. The Morgan fingerprint density at radius 2 is 1.73 bits per heavy atom. The lowest BCUT2D eigenvalue weighted by molar-refractivity contribution is -0.149. The maximum Gasteiger partial charge on any atom is 0.309 e. The normalized spacial score (nSPS) is 16.5. The van der Waals surface area contributed by atoms with Gasteiger partial charge in [-0.25, -0.2) is 8.42 Å². The molecule has 26 heavy (non-hydrogen) atoms. The first kappa shape index (κ1) is 20.9. The minimum absolute atomic E-state index is 0.188. The molecule has 0 amide bonds. The van der Waals surface area contributed by atoms with Crippen LogP contribution in [0.4, 0.5) is 0 Å². The molecule has 1 aromatic carbocycles. The Bertz CT molecular complexity index is 662. The minimum Gasteiger partial charge on any atom is -0.466 e. The van der Waals surface area contributed by atoms with Crippen LogP contribution in [0.1, 0.15) is 57.9 Å². The van der Waals surface area contributed by atoms with Crippen LogP contribution in [0.25, 0.3) is 0 Å². The smallest absolute Gasteiger partial charge is 0.309 e. The van der Waals surface area contributed by atoms with Gasteiger partial charge in [0.15, 0.2) is 0 Å². The molecule has 0 bridgehead atoms. The standard InChI is InChI=1S/C20H31NO4S/c1-3-5-6-7-8-17-9-11-19(12-10-17)26(23,24)21-15-13-18(14-16-21)20(22)25-4-2/h9-12,18H,3-8,13-16H2,1-2H3. The molecule has 0 N–H and O–H groups in total. The Labute approximate surface area is 157 Å². The van der Waals surface area contributed by atoms with Crippen LogP contribution >= 0.6 is 0 Å².